The number of halogens is 2. The van der Waals surface area contributed by atoms with Crippen molar-refractivity contribution in [1.29, 1.82) is 0 Å². The van der Waals surface area contributed by atoms with E-state index in [0.29, 0.717) is 4.47 Å². The fraction of sp³-hybridized carbons (Fsp3) is 0. The zero-order chi connectivity index (χ0) is 15.6. The van der Waals surface area contributed by atoms with Crippen molar-refractivity contribution in [1.82, 2.24) is 0 Å². The Kier molecular flexibility index (Phi) is 4.29. The van der Waals surface area contributed by atoms with Gasteiger partial charge in [-0.15, -0.1) is 0 Å². The quantitative estimate of drug-likeness (QED) is 0.862. The van der Waals surface area contributed by atoms with Crippen LogP contribution in [0.15, 0.2) is 51.8 Å². The minimum Gasteiger partial charge on any atom is -0.478 e. The monoisotopic (exact) mass is 373 g/mol. The molecule has 5 nitrogen and oxygen atoms in total. The number of nitrogens with one attached hydrogen (secondary N) is 1. The van der Waals surface area contributed by atoms with Crippen molar-refractivity contribution in [3.8, 4) is 0 Å². The van der Waals surface area contributed by atoms with Crippen molar-refractivity contribution >= 4 is 37.6 Å². The number of hydrogen-bond acceptors (Lipinski definition) is 3. The average molecular weight is 374 g/mol. The van der Waals surface area contributed by atoms with Crippen LogP contribution in [0.2, 0.25) is 0 Å². The van der Waals surface area contributed by atoms with E-state index in [2.05, 4.69) is 20.7 Å². The van der Waals surface area contributed by atoms with Gasteiger partial charge in [0.15, 0.2) is 0 Å². The number of rotatable bonds is 4. The molecule has 0 radical (unpaired) electrons. The number of hydrogen-bond donors (Lipinski definition) is 2. The first-order valence-electron chi connectivity index (χ1n) is 5.61. The van der Waals surface area contributed by atoms with Crippen molar-refractivity contribution in [2.75, 3.05) is 4.72 Å². The number of anilines is 1. The van der Waals surface area contributed by atoms with E-state index in [9.17, 15) is 17.6 Å². The Morgan fingerprint density at radius 2 is 1.86 bits per heavy atom. The summed E-state index contributed by atoms with van der Waals surface area (Å²) in [5.41, 5.74) is -0.676. The molecule has 110 valence electrons. The first-order chi connectivity index (χ1) is 9.81. The van der Waals surface area contributed by atoms with E-state index < -0.39 is 21.8 Å². The second-order valence-corrected chi connectivity index (χ2v) is 6.54. The van der Waals surface area contributed by atoms with E-state index in [1.807, 2.05) is 0 Å². The van der Waals surface area contributed by atoms with Crippen LogP contribution in [0.4, 0.5) is 10.1 Å². The lowest BCUT2D eigenvalue weighted by atomic mass is 10.2. The minimum absolute atomic E-state index is 0.0781. The Morgan fingerprint density at radius 3 is 2.48 bits per heavy atom. The predicted molar refractivity (Wildman–Crippen MR) is 78.3 cm³/mol. The summed E-state index contributed by atoms with van der Waals surface area (Å²) in [7, 11) is -4.04. The Balaban J connectivity index is 2.49. The molecule has 0 spiro atoms. The van der Waals surface area contributed by atoms with Crippen LogP contribution in [0.25, 0.3) is 0 Å². The largest absolute Gasteiger partial charge is 0.478 e. The highest BCUT2D eigenvalue weighted by atomic mass is 79.9. The summed E-state index contributed by atoms with van der Waals surface area (Å²) >= 11 is 3.10. The van der Waals surface area contributed by atoms with Gasteiger partial charge in [0, 0.05) is 4.47 Å². The maximum absolute atomic E-state index is 13.2. The number of aromatic carboxylic acids is 1. The van der Waals surface area contributed by atoms with Gasteiger partial charge in [-0.3, -0.25) is 4.72 Å². The van der Waals surface area contributed by atoms with Crippen molar-refractivity contribution < 1.29 is 22.7 Å². The molecule has 2 N–H and O–H groups in total. The fourth-order valence-electron chi connectivity index (χ4n) is 1.65. The van der Waals surface area contributed by atoms with Crippen LogP contribution >= 0.6 is 15.9 Å². The molecule has 21 heavy (non-hydrogen) atoms. The zero-order valence-corrected chi connectivity index (χ0v) is 12.8. The smallest absolute Gasteiger partial charge is 0.337 e. The first-order valence-corrected chi connectivity index (χ1v) is 7.89. The molecule has 0 aliphatic rings. The summed E-state index contributed by atoms with van der Waals surface area (Å²) in [4.78, 5) is 11.0. The van der Waals surface area contributed by atoms with E-state index in [0.717, 1.165) is 18.2 Å². The van der Waals surface area contributed by atoms with Crippen LogP contribution in [0.3, 0.4) is 0 Å². The highest BCUT2D eigenvalue weighted by Gasteiger charge is 2.21. The SMILES string of the molecule is O=C(O)c1ccc(F)cc1NS(=O)(=O)c1ccccc1Br. The molecule has 0 atom stereocenters. The van der Waals surface area contributed by atoms with Gasteiger partial charge in [-0.25, -0.2) is 17.6 Å². The molecule has 2 aromatic rings. The van der Waals surface area contributed by atoms with Crippen molar-refractivity contribution in [2.45, 2.75) is 4.90 Å². The fourth-order valence-corrected chi connectivity index (χ4v) is 3.72. The van der Waals surface area contributed by atoms with E-state index in [1.54, 1.807) is 6.07 Å². The molecule has 2 rings (SSSR count). The van der Waals surface area contributed by atoms with E-state index in [-0.39, 0.29) is 16.1 Å². The molecule has 0 fully saturated rings. The zero-order valence-electron chi connectivity index (χ0n) is 10.4. The molecule has 0 saturated carbocycles. The highest BCUT2D eigenvalue weighted by Crippen LogP contribution is 2.26. The third-order valence-electron chi connectivity index (χ3n) is 2.58. The number of carboxylic acid groups (broad SMARTS) is 1. The first kappa shape index (κ1) is 15.5. The Hall–Kier alpha value is -1.93. The topological polar surface area (TPSA) is 83.5 Å². The summed E-state index contributed by atoms with van der Waals surface area (Å²) in [6.45, 7) is 0. The number of carboxylic acids is 1. The highest BCUT2D eigenvalue weighted by molar-refractivity contribution is 9.10. The Bertz CT molecular complexity index is 808. The average Bonchev–Trinajstić information content (AvgIpc) is 2.38. The molecular formula is C13H9BrFNO4S. The number of benzene rings is 2. The summed E-state index contributed by atoms with van der Waals surface area (Å²) in [6, 6.07) is 8.77. The van der Waals surface area contributed by atoms with E-state index >= 15 is 0 Å². The lowest BCUT2D eigenvalue weighted by Crippen LogP contribution is -2.16. The molecule has 0 amide bonds. The van der Waals surface area contributed by atoms with Crippen molar-refractivity contribution in [2.24, 2.45) is 0 Å². The Labute approximate surface area is 128 Å². The maximum Gasteiger partial charge on any atom is 0.337 e. The predicted octanol–water partition coefficient (Wildman–Crippen LogP) is 3.09. The number of carbonyl (C=O) groups is 1. The third-order valence-corrected chi connectivity index (χ3v) is 4.96. The molecule has 0 aromatic heterocycles. The normalized spacial score (nSPS) is 11.1. The molecule has 0 aliphatic heterocycles. The summed E-state index contributed by atoms with van der Waals surface area (Å²) in [5.74, 6) is -2.11. The summed E-state index contributed by atoms with van der Waals surface area (Å²) < 4.78 is 40.1. The van der Waals surface area contributed by atoms with Crippen LogP contribution in [0.5, 0.6) is 0 Å². The van der Waals surface area contributed by atoms with Crippen molar-refractivity contribution in [3.63, 3.8) is 0 Å². The van der Waals surface area contributed by atoms with Crippen LogP contribution in [0.1, 0.15) is 10.4 Å². The van der Waals surface area contributed by atoms with Gasteiger partial charge >= 0.3 is 5.97 Å². The molecule has 0 heterocycles. The van der Waals surface area contributed by atoms with Crippen LogP contribution in [-0.2, 0) is 10.0 Å². The molecule has 2 aromatic carbocycles. The van der Waals surface area contributed by atoms with Gasteiger partial charge in [0.25, 0.3) is 10.0 Å². The minimum atomic E-state index is -4.04. The molecule has 0 bridgehead atoms. The van der Waals surface area contributed by atoms with Crippen LogP contribution in [0, 0.1) is 5.82 Å². The summed E-state index contributed by atoms with van der Waals surface area (Å²) in [6.07, 6.45) is 0. The van der Waals surface area contributed by atoms with E-state index in [4.69, 9.17) is 5.11 Å². The van der Waals surface area contributed by atoms with Gasteiger partial charge in [-0.2, -0.15) is 0 Å². The van der Waals surface area contributed by atoms with Gasteiger partial charge in [0.2, 0.25) is 0 Å². The molecule has 0 saturated heterocycles. The molecule has 0 unspecified atom stereocenters. The van der Waals surface area contributed by atoms with Crippen molar-refractivity contribution in [3.05, 3.63) is 58.3 Å². The standard InChI is InChI=1S/C13H9BrFNO4S/c14-10-3-1-2-4-12(10)21(19,20)16-11-7-8(15)5-6-9(11)13(17)18/h1-7,16H,(H,17,18). The molecule has 8 heteroatoms. The Morgan fingerprint density at radius 1 is 1.19 bits per heavy atom. The number of sulfonamides is 1. The van der Waals surface area contributed by atoms with Gasteiger partial charge in [-0.1, -0.05) is 12.1 Å². The van der Waals surface area contributed by atoms with Crippen LogP contribution < -0.4 is 4.72 Å². The maximum atomic E-state index is 13.2. The van der Waals surface area contributed by atoms with Gasteiger partial charge in [0.1, 0.15) is 10.7 Å². The second-order valence-electron chi connectivity index (χ2n) is 4.03. The van der Waals surface area contributed by atoms with Gasteiger partial charge in [0.05, 0.1) is 11.3 Å². The third kappa shape index (κ3) is 3.40. The second kappa shape index (κ2) is 5.82. The molecular weight excluding hydrogens is 365 g/mol. The van der Waals surface area contributed by atoms with Gasteiger partial charge in [-0.05, 0) is 46.3 Å². The van der Waals surface area contributed by atoms with E-state index in [1.165, 1.54) is 18.2 Å². The van der Waals surface area contributed by atoms with Crippen LogP contribution in [-0.4, -0.2) is 19.5 Å². The van der Waals surface area contributed by atoms with Gasteiger partial charge < -0.3 is 5.11 Å². The summed E-state index contributed by atoms with van der Waals surface area (Å²) in [5, 5.41) is 9.01. The lowest BCUT2D eigenvalue weighted by Gasteiger charge is -2.11. The lowest BCUT2D eigenvalue weighted by molar-refractivity contribution is 0.0698. The molecule has 0 aliphatic carbocycles.